The number of rotatable bonds is 4. The Morgan fingerprint density at radius 2 is 1.65 bits per heavy atom. The van der Waals surface area contributed by atoms with Crippen LogP contribution in [0.25, 0.3) is 0 Å². The van der Waals surface area contributed by atoms with Crippen molar-refractivity contribution in [3.05, 3.63) is 66.2 Å². The van der Waals surface area contributed by atoms with Crippen molar-refractivity contribution < 1.29 is 4.74 Å². The van der Waals surface area contributed by atoms with E-state index in [0.29, 0.717) is 15.0 Å². The summed E-state index contributed by atoms with van der Waals surface area (Å²) in [6, 6.07) is 21.1. The van der Waals surface area contributed by atoms with Crippen LogP contribution in [0, 0.1) is 0 Å². The summed E-state index contributed by atoms with van der Waals surface area (Å²) in [4.78, 5) is 4.67. The topological polar surface area (TPSA) is 21.6 Å². The van der Waals surface area contributed by atoms with E-state index in [4.69, 9.17) is 4.74 Å². The molecule has 2 nitrogen and oxygen atoms in total. The van der Waals surface area contributed by atoms with Gasteiger partial charge in [-0.15, -0.1) is 0 Å². The van der Waals surface area contributed by atoms with Gasteiger partial charge >= 0.3 is 126 Å². The fourth-order valence-electron chi connectivity index (χ4n) is 2.29. The van der Waals surface area contributed by atoms with Crippen LogP contribution in [0.2, 0.25) is 5.32 Å². The van der Waals surface area contributed by atoms with Crippen LogP contribution in [-0.4, -0.2) is 26.9 Å². The van der Waals surface area contributed by atoms with Gasteiger partial charge in [-0.1, -0.05) is 0 Å². The van der Waals surface area contributed by atoms with Crippen LogP contribution in [0.3, 0.4) is 0 Å². The van der Waals surface area contributed by atoms with E-state index < -0.39 is 0 Å². The van der Waals surface area contributed by atoms with Crippen LogP contribution in [0.4, 0.5) is 0 Å². The minimum atomic E-state index is 0.0813. The third-order valence-corrected chi connectivity index (χ3v) is 5.37. The fourth-order valence-corrected chi connectivity index (χ4v) is 3.93. The van der Waals surface area contributed by atoms with Gasteiger partial charge in [0.1, 0.15) is 0 Å². The Morgan fingerprint density at radius 1 is 1.00 bits per heavy atom. The Morgan fingerprint density at radius 3 is 2.35 bits per heavy atom. The van der Waals surface area contributed by atoms with E-state index >= 15 is 0 Å². The Hall–Kier alpha value is -1.57. The molecule has 1 heterocycles. The van der Waals surface area contributed by atoms with Crippen molar-refractivity contribution in [1.29, 1.82) is 0 Å². The van der Waals surface area contributed by atoms with Crippen molar-refractivity contribution in [1.82, 2.24) is 0 Å². The van der Waals surface area contributed by atoms with Gasteiger partial charge in [0.15, 0.2) is 0 Å². The molecule has 2 aromatic rings. The first-order valence-electron chi connectivity index (χ1n) is 6.79. The predicted molar refractivity (Wildman–Crippen MR) is 83.8 cm³/mol. The van der Waals surface area contributed by atoms with E-state index in [9.17, 15) is 0 Å². The molecule has 0 spiro atoms. The van der Waals surface area contributed by atoms with E-state index in [0.717, 1.165) is 11.2 Å². The van der Waals surface area contributed by atoms with Gasteiger partial charge in [0.2, 0.25) is 0 Å². The van der Waals surface area contributed by atoms with Gasteiger partial charge < -0.3 is 0 Å². The second-order valence-electron chi connectivity index (χ2n) is 4.81. The Kier molecular flexibility index (Phi) is 4.19. The van der Waals surface area contributed by atoms with E-state index in [1.54, 1.807) is 0 Å². The van der Waals surface area contributed by atoms with Crippen molar-refractivity contribution in [2.24, 2.45) is 4.99 Å². The van der Waals surface area contributed by atoms with Crippen molar-refractivity contribution in [3.8, 4) is 0 Å². The van der Waals surface area contributed by atoms with E-state index in [1.807, 2.05) is 6.07 Å². The molecule has 0 fully saturated rings. The quantitative estimate of drug-likeness (QED) is 0.790. The molecule has 0 N–H and O–H groups in total. The van der Waals surface area contributed by atoms with E-state index in [2.05, 4.69) is 66.5 Å². The van der Waals surface area contributed by atoms with Gasteiger partial charge in [-0.25, -0.2) is 0 Å². The van der Waals surface area contributed by atoms with E-state index in [-0.39, 0.29) is 12.1 Å². The summed E-state index contributed by atoms with van der Waals surface area (Å²) < 4.78 is 7.44. The molecule has 0 amide bonds. The van der Waals surface area contributed by atoms with Crippen molar-refractivity contribution >= 4 is 25.3 Å². The minimum absolute atomic E-state index is 0.0813. The zero-order valence-corrected chi connectivity index (χ0v) is 13.1. The first-order chi connectivity index (χ1) is 9.83. The number of hydrogen-bond acceptors (Lipinski definition) is 2. The molecule has 0 aromatic heterocycles. The third-order valence-electron chi connectivity index (χ3n) is 3.28. The van der Waals surface area contributed by atoms with Gasteiger partial charge in [0.05, 0.1) is 0 Å². The molecule has 1 aliphatic heterocycles. The van der Waals surface area contributed by atoms with Crippen LogP contribution in [0.1, 0.15) is 18.6 Å². The van der Waals surface area contributed by atoms with Crippen LogP contribution >= 0.6 is 0 Å². The Balaban J connectivity index is 1.62. The molecule has 0 aliphatic carbocycles. The maximum absolute atomic E-state index is 6.05. The Labute approximate surface area is 126 Å². The molecular weight excluding hydrogens is 313 g/mol. The van der Waals surface area contributed by atoms with Crippen LogP contribution in [-0.2, 0) is 4.74 Å². The molecular formula is C17H17NOSe. The number of ether oxygens (including phenoxy) is 1. The average Bonchev–Trinajstić information content (AvgIpc) is 2.88. The van der Waals surface area contributed by atoms with Gasteiger partial charge in [0.25, 0.3) is 0 Å². The molecule has 0 bridgehead atoms. The van der Waals surface area contributed by atoms with Crippen LogP contribution in [0.15, 0.2) is 65.7 Å². The summed E-state index contributed by atoms with van der Waals surface area (Å²) in [5.41, 5.74) is 1.21. The molecule has 1 aliphatic rings. The van der Waals surface area contributed by atoms with Crippen molar-refractivity contribution in [3.63, 3.8) is 0 Å². The van der Waals surface area contributed by atoms with Gasteiger partial charge in [-0.2, -0.15) is 0 Å². The van der Waals surface area contributed by atoms with Gasteiger partial charge in [0, 0.05) is 0 Å². The first kappa shape index (κ1) is 13.4. The van der Waals surface area contributed by atoms with Gasteiger partial charge in [-0.3, -0.25) is 0 Å². The summed E-state index contributed by atoms with van der Waals surface area (Å²) >= 11 is 0.394. The molecule has 3 heteroatoms. The molecule has 102 valence electrons. The fraction of sp³-hybridized carbons (Fsp3) is 0.235. The second-order valence-corrected chi connectivity index (χ2v) is 7.01. The monoisotopic (exact) mass is 331 g/mol. The summed E-state index contributed by atoms with van der Waals surface area (Å²) in [7, 11) is 0. The normalized spacial score (nSPS) is 21.4. The Bertz CT molecular complexity index is 582. The summed E-state index contributed by atoms with van der Waals surface area (Å²) in [5, 5.41) is 0.935. The zero-order chi connectivity index (χ0) is 13.8. The SMILES string of the molecule is C[C@H]1N=C(C[Se]c2ccccc2)O[C@H]1c1ccccc1. The number of hydrogen-bond donors (Lipinski definition) is 0. The number of nitrogens with zero attached hydrogens (tertiary/aromatic N) is 1. The average molecular weight is 330 g/mol. The summed E-state index contributed by atoms with van der Waals surface area (Å²) in [5.74, 6) is 0.912. The molecule has 2 aromatic carbocycles. The summed E-state index contributed by atoms with van der Waals surface area (Å²) in [6.07, 6.45) is 0.0813. The van der Waals surface area contributed by atoms with Crippen LogP contribution in [0.5, 0.6) is 0 Å². The van der Waals surface area contributed by atoms with Crippen molar-refractivity contribution in [2.75, 3.05) is 0 Å². The zero-order valence-electron chi connectivity index (χ0n) is 11.4. The first-order valence-corrected chi connectivity index (χ1v) is 8.86. The maximum atomic E-state index is 6.05. The molecule has 0 saturated carbocycles. The number of aliphatic imine (C=N–C) groups is 1. The third kappa shape index (κ3) is 3.12. The molecule has 0 unspecified atom stereocenters. The predicted octanol–water partition coefficient (Wildman–Crippen LogP) is 2.99. The standard InChI is InChI=1S/C17H17NOSe/c1-13-17(14-8-4-2-5-9-14)19-16(18-13)12-20-15-10-6-3-7-11-15/h2-11,13,17H,12H2,1H3/t13-,17-/m1/s1. The van der Waals surface area contributed by atoms with Crippen LogP contribution < -0.4 is 4.46 Å². The summed E-state index contributed by atoms with van der Waals surface area (Å²) in [6.45, 7) is 2.13. The van der Waals surface area contributed by atoms with E-state index in [1.165, 1.54) is 10.0 Å². The molecule has 0 radical (unpaired) electrons. The number of benzene rings is 2. The molecule has 0 saturated heterocycles. The molecule has 3 rings (SSSR count). The van der Waals surface area contributed by atoms with Crippen molar-refractivity contribution in [2.45, 2.75) is 24.4 Å². The second kappa shape index (κ2) is 6.25. The van der Waals surface area contributed by atoms with Gasteiger partial charge in [-0.05, 0) is 0 Å². The molecule has 2 atom stereocenters. The molecule has 20 heavy (non-hydrogen) atoms.